The number of carbonyl (C=O) groups is 1. The molecule has 0 unspecified atom stereocenters. The summed E-state index contributed by atoms with van der Waals surface area (Å²) < 4.78 is 30.8. The molecule has 0 saturated carbocycles. The standard InChI is InChI=1S/C10H12F2N2O2S/c1-13-9-6(11)5-7(12)10(14-9)17-4-3-8(15)16-2/h5H,3-4H2,1-2H3,(H,13,14). The molecule has 1 N–H and O–H groups in total. The first-order chi connectivity index (χ1) is 8.08. The van der Waals surface area contributed by atoms with E-state index in [-0.39, 0.29) is 23.2 Å². The number of esters is 1. The molecule has 0 aromatic carbocycles. The highest BCUT2D eigenvalue weighted by atomic mass is 32.2. The smallest absolute Gasteiger partial charge is 0.306 e. The van der Waals surface area contributed by atoms with Gasteiger partial charge in [-0.25, -0.2) is 13.8 Å². The Labute approximate surface area is 102 Å². The van der Waals surface area contributed by atoms with Crippen LogP contribution >= 0.6 is 11.8 Å². The summed E-state index contributed by atoms with van der Waals surface area (Å²) in [6.45, 7) is 0. The fourth-order valence-electron chi connectivity index (χ4n) is 1.06. The molecule has 1 aromatic heterocycles. The van der Waals surface area contributed by atoms with Gasteiger partial charge >= 0.3 is 5.97 Å². The lowest BCUT2D eigenvalue weighted by atomic mass is 10.4. The molecule has 1 rings (SSSR count). The summed E-state index contributed by atoms with van der Waals surface area (Å²) in [5.74, 6) is -1.56. The predicted molar refractivity (Wildman–Crippen MR) is 61.1 cm³/mol. The molecule has 0 spiro atoms. The first-order valence-corrected chi connectivity index (χ1v) is 5.80. The minimum absolute atomic E-state index is 0.0213. The highest BCUT2D eigenvalue weighted by molar-refractivity contribution is 7.99. The summed E-state index contributed by atoms with van der Waals surface area (Å²) in [4.78, 5) is 14.6. The van der Waals surface area contributed by atoms with Crippen molar-refractivity contribution in [2.45, 2.75) is 11.4 Å². The fourth-order valence-corrected chi connectivity index (χ4v) is 1.87. The molecule has 0 amide bonds. The van der Waals surface area contributed by atoms with Gasteiger partial charge in [0.2, 0.25) is 0 Å². The Bertz CT molecular complexity index is 416. The maximum Gasteiger partial charge on any atom is 0.306 e. The van der Waals surface area contributed by atoms with Crippen LogP contribution in [0.3, 0.4) is 0 Å². The number of hydrogen-bond donors (Lipinski definition) is 1. The number of pyridine rings is 1. The van der Waals surface area contributed by atoms with Gasteiger partial charge in [0, 0.05) is 18.9 Å². The van der Waals surface area contributed by atoms with Gasteiger partial charge in [-0.1, -0.05) is 0 Å². The number of hydrogen-bond acceptors (Lipinski definition) is 5. The molecule has 0 aliphatic rings. The van der Waals surface area contributed by atoms with Crippen LogP contribution in [-0.4, -0.2) is 30.9 Å². The lowest BCUT2D eigenvalue weighted by Crippen LogP contribution is -2.03. The number of rotatable bonds is 5. The molecule has 0 aliphatic carbocycles. The molecular formula is C10H12F2N2O2S. The van der Waals surface area contributed by atoms with Gasteiger partial charge in [-0.15, -0.1) is 11.8 Å². The van der Waals surface area contributed by atoms with Crippen LogP contribution in [0, 0.1) is 11.6 Å². The average molecular weight is 262 g/mol. The second-order valence-electron chi connectivity index (χ2n) is 3.03. The van der Waals surface area contributed by atoms with Gasteiger partial charge in [-0.2, -0.15) is 0 Å². The third kappa shape index (κ3) is 3.85. The number of aromatic nitrogens is 1. The van der Waals surface area contributed by atoms with Crippen LogP contribution in [0.4, 0.5) is 14.6 Å². The number of halogens is 2. The molecule has 1 aromatic rings. The Hall–Kier alpha value is -1.37. The molecule has 0 atom stereocenters. The predicted octanol–water partition coefficient (Wildman–Crippen LogP) is 2.06. The lowest BCUT2D eigenvalue weighted by molar-refractivity contribution is -0.140. The molecule has 1 heterocycles. The van der Waals surface area contributed by atoms with Crippen LogP contribution in [0.1, 0.15) is 6.42 Å². The average Bonchev–Trinajstić information content (AvgIpc) is 2.31. The molecular weight excluding hydrogens is 250 g/mol. The monoisotopic (exact) mass is 262 g/mol. The molecule has 17 heavy (non-hydrogen) atoms. The Kier molecular flexibility index (Phi) is 5.14. The molecule has 0 bridgehead atoms. The zero-order chi connectivity index (χ0) is 12.8. The molecule has 0 fully saturated rings. The highest BCUT2D eigenvalue weighted by Crippen LogP contribution is 2.24. The van der Waals surface area contributed by atoms with Crippen LogP contribution in [0.2, 0.25) is 0 Å². The minimum Gasteiger partial charge on any atom is -0.469 e. The zero-order valence-electron chi connectivity index (χ0n) is 9.42. The van der Waals surface area contributed by atoms with Crippen molar-refractivity contribution in [2.75, 3.05) is 25.2 Å². The van der Waals surface area contributed by atoms with E-state index in [4.69, 9.17) is 0 Å². The summed E-state index contributed by atoms with van der Waals surface area (Å²) in [7, 11) is 2.77. The van der Waals surface area contributed by atoms with Crippen molar-refractivity contribution < 1.29 is 18.3 Å². The maximum absolute atomic E-state index is 13.3. The van der Waals surface area contributed by atoms with Crippen LogP contribution in [0.15, 0.2) is 11.1 Å². The van der Waals surface area contributed by atoms with Crippen molar-refractivity contribution >= 4 is 23.5 Å². The molecule has 94 valence electrons. The van der Waals surface area contributed by atoms with Gasteiger partial charge in [0.05, 0.1) is 13.5 Å². The maximum atomic E-state index is 13.3. The van der Waals surface area contributed by atoms with E-state index >= 15 is 0 Å². The zero-order valence-corrected chi connectivity index (χ0v) is 10.2. The van der Waals surface area contributed by atoms with E-state index in [2.05, 4.69) is 15.0 Å². The summed E-state index contributed by atoms with van der Waals surface area (Å²) in [5.41, 5.74) is 0. The molecule has 0 radical (unpaired) electrons. The van der Waals surface area contributed by atoms with Crippen LogP contribution in [-0.2, 0) is 9.53 Å². The Morgan fingerprint density at radius 1 is 1.53 bits per heavy atom. The Balaban J connectivity index is 2.67. The second-order valence-corrected chi connectivity index (χ2v) is 4.11. The summed E-state index contributed by atoms with van der Waals surface area (Å²) >= 11 is 1.04. The Morgan fingerprint density at radius 2 is 2.24 bits per heavy atom. The molecule has 7 heteroatoms. The first-order valence-electron chi connectivity index (χ1n) is 4.82. The minimum atomic E-state index is -0.748. The first kappa shape index (κ1) is 13.7. The molecule has 0 aliphatic heterocycles. The van der Waals surface area contributed by atoms with Crippen LogP contribution < -0.4 is 5.32 Å². The van der Waals surface area contributed by atoms with Gasteiger partial charge < -0.3 is 10.1 Å². The second kappa shape index (κ2) is 6.39. The number of methoxy groups -OCH3 is 1. The number of ether oxygens (including phenoxy) is 1. The van der Waals surface area contributed by atoms with E-state index in [1.807, 2.05) is 0 Å². The number of anilines is 1. The van der Waals surface area contributed by atoms with Gasteiger partial charge in [-0.05, 0) is 0 Å². The van der Waals surface area contributed by atoms with Crippen molar-refractivity contribution in [1.82, 2.24) is 4.98 Å². The Morgan fingerprint density at radius 3 is 2.82 bits per heavy atom. The topological polar surface area (TPSA) is 51.2 Å². The highest BCUT2D eigenvalue weighted by Gasteiger charge is 2.12. The van der Waals surface area contributed by atoms with Gasteiger partial charge in [0.1, 0.15) is 5.03 Å². The third-order valence-electron chi connectivity index (χ3n) is 1.91. The van der Waals surface area contributed by atoms with Crippen LogP contribution in [0.25, 0.3) is 0 Å². The normalized spacial score (nSPS) is 10.1. The number of carbonyl (C=O) groups excluding carboxylic acids is 1. The fraction of sp³-hybridized carbons (Fsp3) is 0.400. The van der Waals surface area contributed by atoms with E-state index in [0.717, 1.165) is 17.8 Å². The van der Waals surface area contributed by atoms with Crippen LogP contribution in [0.5, 0.6) is 0 Å². The van der Waals surface area contributed by atoms with E-state index in [1.54, 1.807) is 0 Å². The third-order valence-corrected chi connectivity index (χ3v) is 2.87. The molecule has 0 saturated heterocycles. The van der Waals surface area contributed by atoms with Crippen molar-refractivity contribution in [3.05, 3.63) is 17.7 Å². The van der Waals surface area contributed by atoms with E-state index in [0.29, 0.717) is 5.75 Å². The van der Waals surface area contributed by atoms with Crippen molar-refractivity contribution in [1.29, 1.82) is 0 Å². The number of nitrogens with one attached hydrogen (secondary N) is 1. The number of nitrogens with zero attached hydrogens (tertiary/aromatic N) is 1. The lowest BCUT2D eigenvalue weighted by Gasteiger charge is -2.06. The van der Waals surface area contributed by atoms with E-state index in [9.17, 15) is 13.6 Å². The van der Waals surface area contributed by atoms with E-state index in [1.165, 1.54) is 14.2 Å². The summed E-state index contributed by atoms with van der Waals surface area (Å²) in [5, 5.41) is 2.57. The summed E-state index contributed by atoms with van der Waals surface area (Å²) in [6, 6.07) is 0.763. The number of thioether (sulfide) groups is 1. The summed E-state index contributed by atoms with van der Waals surface area (Å²) in [6.07, 6.45) is 0.147. The molecule has 4 nitrogen and oxygen atoms in total. The van der Waals surface area contributed by atoms with Crippen molar-refractivity contribution in [2.24, 2.45) is 0 Å². The van der Waals surface area contributed by atoms with Gasteiger partial charge in [0.25, 0.3) is 0 Å². The van der Waals surface area contributed by atoms with Gasteiger partial charge in [0.15, 0.2) is 17.5 Å². The quantitative estimate of drug-likeness (QED) is 0.650. The van der Waals surface area contributed by atoms with Gasteiger partial charge in [-0.3, -0.25) is 4.79 Å². The van der Waals surface area contributed by atoms with E-state index < -0.39 is 11.6 Å². The SMILES string of the molecule is CNc1nc(SCCC(=O)OC)c(F)cc1F. The van der Waals surface area contributed by atoms with Crippen molar-refractivity contribution in [3.8, 4) is 0 Å². The van der Waals surface area contributed by atoms with Crippen molar-refractivity contribution in [3.63, 3.8) is 0 Å². The largest absolute Gasteiger partial charge is 0.469 e.